The fourth-order valence-corrected chi connectivity index (χ4v) is 11.1. The Bertz CT molecular complexity index is 942. The standard InChI is InChI=1S/C25H34N2OSi/c1-17(2)29(18(3)4,19(5)6)16-24-22-10-8-9-11-23(22)26-25(27-24)20-12-14-21(28-7)15-13-20/h8-15,17-19H,16H2,1-7H3. The summed E-state index contributed by atoms with van der Waals surface area (Å²) >= 11 is 0. The number of ether oxygens (including phenoxy) is 1. The molecule has 0 aliphatic heterocycles. The average molecular weight is 407 g/mol. The zero-order valence-electron chi connectivity index (χ0n) is 18.9. The van der Waals surface area contributed by atoms with Gasteiger partial charge in [0.15, 0.2) is 5.82 Å². The van der Waals surface area contributed by atoms with Gasteiger partial charge in [-0.05, 0) is 36.4 Å². The molecule has 1 heterocycles. The van der Waals surface area contributed by atoms with E-state index in [2.05, 4.69) is 65.8 Å². The molecule has 4 heteroatoms. The van der Waals surface area contributed by atoms with E-state index in [1.54, 1.807) is 7.11 Å². The number of benzene rings is 2. The minimum absolute atomic E-state index is 0.695. The predicted molar refractivity (Wildman–Crippen MR) is 126 cm³/mol. The summed E-state index contributed by atoms with van der Waals surface area (Å²) in [5.74, 6) is 1.65. The van der Waals surface area contributed by atoms with Gasteiger partial charge in [-0.2, -0.15) is 0 Å². The molecular weight excluding hydrogens is 372 g/mol. The number of fused-ring (bicyclic) bond motifs is 1. The predicted octanol–water partition coefficient (Wildman–Crippen LogP) is 7.07. The molecule has 0 aliphatic rings. The highest BCUT2D eigenvalue weighted by Crippen LogP contribution is 2.44. The van der Waals surface area contributed by atoms with E-state index in [1.807, 2.05) is 24.3 Å². The maximum Gasteiger partial charge on any atom is 0.160 e. The Morgan fingerprint density at radius 3 is 1.93 bits per heavy atom. The molecule has 0 unspecified atom stereocenters. The van der Waals surface area contributed by atoms with Crippen LogP contribution in [0.1, 0.15) is 47.2 Å². The fraction of sp³-hybridized carbons (Fsp3) is 0.440. The summed E-state index contributed by atoms with van der Waals surface area (Å²) in [6.45, 7) is 14.5. The highest BCUT2D eigenvalue weighted by atomic mass is 28.3. The number of para-hydroxylation sites is 1. The van der Waals surface area contributed by atoms with E-state index in [0.717, 1.165) is 28.7 Å². The fourth-order valence-electron chi connectivity index (χ4n) is 5.05. The van der Waals surface area contributed by atoms with Crippen molar-refractivity contribution in [2.24, 2.45) is 0 Å². The third-order valence-electron chi connectivity index (χ3n) is 6.73. The molecule has 154 valence electrons. The van der Waals surface area contributed by atoms with Gasteiger partial charge in [0.25, 0.3) is 0 Å². The van der Waals surface area contributed by atoms with Gasteiger partial charge in [-0.25, -0.2) is 9.97 Å². The van der Waals surface area contributed by atoms with Crippen molar-refractivity contribution in [2.45, 2.75) is 64.2 Å². The molecule has 0 amide bonds. The lowest BCUT2D eigenvalue weighted by Gasteiger charge is -2.43. The Kier molecular flexibility index (Phi) is 6.42. The van der Waals surface area contributed by atoms with Crippen LogP contribution in [0, 0.1) is 0 Å². The van der Waals surface area contributed by atoms with Crippen molar-refractivity contribution in [1.29, 1.82) is 0 Å². The average Bonchev–Trinajstić information content (AvgIpc) is 2.70. The van der Waals surface area contributed by atoms with Crippen LogP contribution in [-0.4, -0.2) is 25.2 Å². The summed E-state index contributed by atoms with van der Waals surface area (Å²) in [7, 11) is 0.0536. The molecule has 0 bridgehead atoms. The van der Waals surface area contributed by atoms with Crippen LogP contribution in [-0.2, 0) is 6.04 Å². The minimum Gasteiger partial charge on any atom is -0.497 e. The molecule has 29 heavy (non-hydrogen) atoms. The summed E-state index contributed by atoms with van der Waals surface area (Å²) in [5, 5.41) is 1.20. The topological polar surface area (TPSA) is 35.0 Å². The molecule has 1 aromatic heterocycles. The molecule has 0 saturated carbocycles. The van der Waals surface area contributed by atoms with Crippen LogP contribution in [0.2, 0.25) is 16.6 Å². The van der Waals surface area contributed by atoms with E-state index < -0.39 is 8.07 Å². The van der Waals surface area contributed by atoms with Crippen molar-refractivity contribution in [1.82, 2.24) is 9.97 Å². The molecule has 0 fully saturated rings. The summed E-state index contributed by atoms with van der Waals surface area (Å²) in [5.41, 5.74) is 5.36. The van der Waals surface area contributed by atoms with E-state index in [9.17, 15) is 0 Å². The first-order chi connectivity index (χ1) is 13.8. The van der Waals surface area contributed by atoms with Gasteiger partial charge < -0.3 is 4.74 Å². The van der Waals surface area contributed by atoms with E-state index in [4.69, 9.17) is 14.7 Å². The lowest BCUT2D eigenvalue weighted by atomic mass is 10.1. The quantitative estimate of drug-likeness (QED) is 0.394. The normalized spacial score (nSPS) is 12.3. The third-order valence-corrected chi connectivity index (χ3v) is 14.1. The van der Waals surface area contributed by atoms with Gasteiger partial charge in [0, 0.05) is 16.6 Å². The Hall–Kier alpha value is -2.20. The molecular formula is C25H34N2OSi. The van der Waals surface area contributed by atoms with Gasteiger partial charge in [-0.15, -0.1) is 0 Å². The molecule has 0 aliphatic carbocycles. The smallest absolute Gasteiger partial charge is 0.160 e. The second-order valence-corrected chi connectivity index (χ2v) is 15.0. The molecule has 0 radical (unpaired) electrons. The molecule has 0 N–H and O–H groups in total. The van der Waals surface area contributed by atoms with Crippen LogP contribution in [0.4, 0.5) is 0 Å². The SMILES string of the molecule is COc1ccc(-c2nc(C[Si](C(C)C)(C(C)C)C(C)C)c3ccccc3n2)cc1. The number of hydrogen-bond acceptors (Lipinski definition) is 3. The first kappa shape index (κ1) is 21.5. The first-order valence-electron chi connectivity index (χ1n) is 10.7. The first-order valence-corrected chi connectivity index (χ1v) is 13.1. The molecule has 3 nitrogen and oxygen atoms in total. The van der Waals surface area contributed by atoms with E-state index in [0.29, 0.717) is 16.6 Å². The molecule has 0 spiro atoms. The van der Waals surface area contributed by atoms with Crippen LogP contribution >= 0.6 is 0 Å². The second-order valence-electron chi connectivity index (χ2n) is 8.99. The van der Waals surface area contributed by atoms with Crippen molar-refractivity contribution in [2.75, 3.05) is 7.11 Å². The largest absolute Gasteiger partial charge is 0.497 e. The van der Waals surface area contributed by atoms with Crippen molar-refractivity contribution in [3.63, 3.8) is 0 Å². The Balaban J connectivity index is 2.17. The molecule has 3 rings (SSSR count). The summed E-state index contributed by atoms with van der Waals surface area (Å²) < 4.78 is 5.31. The monoisotopic (exact) mass is 406 g/mol. The van der Waals surface area contributed by atoms with Crippen LogP contribution in [0.15, 0.2) is 48.5 Å². The Morgan fingerprint density at radius 1 is 0.793 bits per heavy atom. The maximum absolute atomic E-state index is 5.31. The number of rotatable bonds is 7. The van der Waals surface area contributed by atoms with E-state index in [-0.39, 0.29) is 0 Å². The highest BCUT2D eigenvalue weighted by molar-refractivity contribution is 6.83. The van der Waals surface area contributed by atoms with Gasteiger partial charge in [0.1, 0.15) is 5.75 Å². The molecule has 0 saturated heterocycles. The van der Waals surface area contributed by atoms with Gasteiger partial charge in [0.2, 0.25) is 0 Å². The third kappa shape index (κ3) is 4.09. The van der Waals surface area contributed by atoms with Crippen molar-refractivity contribution in [3.8, 4) is 17.1 Å². The highest BCUT2D eigenvalue weighted by Gasteiger charge is 2.43. The minimum atomic E-state index is -1.63. The summed E-state index contributed by atoms with van der Waals surface area (Å²) in [4.78, 5) is 10.0. The second kappa shape index (κ2) is 8.66. The molecule has 3 aromatic rings. The Labute approximate surface area is 176 Å². The summed E-state index contributed by atoms with van der Waals surface area (Å²) in [6, 6.07) is 17.6. The van der Waals surface area contributed by atoms with E-state index >= 15 is 0 Å². The number of aromatic nitrogens is 2. The number of hydrogen-bond donors (Lipinski definition) is 0. The van der Waals surface area contributed by atoms with Crippen LogP contribution in [0.3, 0.4) is 0 Å². The molecule has 2 aromatic carbocycles. The zero-order valence-corrected chi connectivity index (χ0v) is 19.9. The number of nitrogens with zero attached hydrogens (tertiary/aromatic N) is 2. The lowest BCUT2D eigenvalue weighted by Crippen LogP contribution is -2.47. The van der Waals surface area contributed by atoms with Crippen molar-refractivity contribution < 1.29 is 4.74 Å². The van der Waals surface area contributed by atoms with Gasteiger partial charge in [-0.1, -0.05) is 76.4 Å². The van der Waals surface area contributed by atoms with Gasteiger partial charge >= 0.3 is 0 Å². The van der Waals surface area contributed by atoms with Gasteiger partial charge in [-0.3, -0.25) is 0 Å². The van der Waals surface area contributed by atoms with Crippen LogP contribution in [0.5, 0.6) is 5.75 Å². The van der Waals surface area contributed by atoms with Crippen molar-refractivity contribution in [3.05, 3.63) is 54.2 Å². The maximum atomic E-state index is 5.31. The summed E-state index contributed by atoms with van der Waals surface area (Å²) in [6.07, 6.45) is 0. The lowest BCUT2D eigenvalue weighted by molar-refractivity contribution is 0.415. The van der Waals surface area contributed by atoms with Gasteiger partial charge in [0.05, 0.1) is 20.7 Å². The van der Waals surface area contributed by atoms with Crippen LogP contribution in [0.25, 0.3) is 22.3 Å². The zero-order chi connectivity index (χ0) is 21.2. The van der Waals surface area contributed by atoms with Crippen LogP contribution < -0.4 is 4.74 Å². The van der Waals surface area contributed by atoms with Crippen molar-refractivity contribution >= 4 is 19.0 Å². The molecule has 0 atom stereocenters. The van der Waals surface area contributed by atoms with E-state index in [1.165, 1.54) is 11.1 Å². The Morgan fingerprint density at radius 2 is 1.38 bits per heavy atom. The number of methoxy groups -OCH3 is 1.